The van der Waals surface area contributed by atoms with Gasteiger partial charge in [0.05, 0.1) is 41.4 Å². The van der Waals surface area contributed by atoms with E-state index in [9.17, 15) is 13.2 Å². The summed E-state index contributed by atoms with van der Waals surface area (Å²) < 4.78 is 65.2. The molecule has 6 rings (SSSR count). The van der Waals surface area contributed by atoms with Crippen molar-refractivity contribution < 1.29 is 42.6 Å². The summed E-state index contributed by atoms with van der Waals surface area (Å²) in [5, 5.41) is 46.5. The number of halogens is 3. The molecule has 3 heterocycles. The minimum absolute atomic E-state index is 0. The summed E-state index contributed by atoms with van der Waals surface area (Å²) in [4.78, 5) is 0. The molecule has 6 aromatic rings. The van der Waals surface area contributed by atoms with Crippen LogP contribution in [0.4, 0.5) is 13.2 Å². The van der Waals surface area contributed by atoms with Gasteiger partial charge in [-0.25, -0.2) is 23.7 Å². The molecule has 0 aliphatic rings. The van der Waals surface area contributed by atoms with Gasteiger partial charge in [0.1, 0.15) is 0 Å². The first-order chi connectivity index (χ1) is 27.2. The van der Waals surface area contributed by atoms with Crippen LogP contribution in [0.15, 0.2) is 109 Å². The van der Waals surface area contributed by atoms with E-state index in [0.29, 0.717) is 25.7 Å². The van der Waals surface area contributed by atoms with E-state index in [4.69, 9.17) is 49.3 Å². The minimum atomic E-state index is -6.09. The second-order valence-corrected chi connectivity index (χ2v) is 13.4. The molecule has 300 valence electrons. The first-order valence-corrected chi connectivity index (χ1v) is 18.6. The topological polar surface area (TPSA) is 206 Å². The van der Waals surface area contributed by atoms with Crippen LogP contribution in [0.3, 0.4) is 0 Å². The Morgan fingerprint density at radius 2 is 0.793 bits per heavy atom. The van der Waals surface area contributed by atoms with Crippen LogP contribution >= 0.6 is 0 Å². The van der Waals surface area contributed by atoms with Crippen LogP contribution in [0.1, 0.15) is 42.8 Å². The summed E-state index contributed by atoms with van der Waals surface area (Å²) in [6, 6.07) is 44.7. The molecule has 13 nitrogen and oxygen atoms in total. The SMILES string of the molecule is Cc1cc(-c2ccccc2)nn1[BH-](n1nc(-c2ccccc2)cc1C)n1nc(-c2ccccc2)cc1C.N#CCCC#N.N#CCCC#N.O=S(=O)([O-])C(F)(F)F.[Ni+2]. The Morgan fingerprint density at radius 3 is 0.983 bits per heavy atom. The van der Waals surface area contributed by atoms with E-state index in [1.165, 1.54) is 0 Å². The number of nitriles is 4. The number of hydrogen-bond acceptors (Lipinski definition) is 10. The Labute approximate surface area is 345 Å². The Balaban J connectivity index is 0.000000459. The summed E-state index contributed by atoms with van der Waals surface area (Å²) in [6.07, 6.45) is 1.43. The van der Waals surface area contributed by atoms with E-state index in [0.717, 1.165) is 50.9 Å². The van der Waals surface area contributed by atoms with Gasteiger partial charge in [-0.15, -0.1) is 0 Å². The molecule has 3 aromatic heterocycles. The second kappa shape index (κ2) is 22.9. The number of aromatic nitrogens is 6. The summed E-state index contributed by atoms with van der Waals surface area (Å²) in [7, 11) is -7.65. The summed E-state index contributed by atoms with van der Waals surface area (Å²) >= 11 is 0. The molecular formula is C39H36BF3N10NiO3S. The van der Waals surface area contributed by atoms with Crippen LogP contribution in [0, 0.1) is 66.1 Å². The van der Waals surface area contributed by atoms with Crippen LogP contribution in [0.5, 0.6) is 0 Å². The maximum Gasteiger partial charge on any atom is 2.00 e. The smallest absolute Gasteiger partial charge is 0.741 e. The van der Waals surface area contributed by atoms with E-state index < -0.39 is 22.7 Å². The van der Waals surface area contributed by atoms with E-state index in [1.807, 2.05) is 78.9 Å². The van der Waals surface area contributed by atoms with Gasteiger partial charge in [-0.2, -0.15) is 34.2 Å². The zero-order chi connectivity index (χ0) is 42.0. The van der Waals surface area contributed by atoms with Crippen LogP contribution in [0.2, 0.25) is 0 Å². The van der Waals surface area contributed by atoms with Crippen molar-refractivity contribution in [1.82, 2.24) is 29.1 Å². The Morgan fingerprint density at radius 1 is 0.569 bits per heavy atom. The van der Waals surface area contributed by atoms with E-state index in [-0.39, 0.29) is 16.5 Å². The van der Waals surface area contributed by atoms with E-state index in [1.54, 1.807) is 0 Å². The number of rotatable bonds is 8. The molecule has 0 amide bonds. The molecule has 0 bridgehead atoms. The fourth-order valence-electron chi connectivity index (χ4n) is 5.24. The number of alkyl halides is 3. The molecule has 0 radical (unpaired) electrons. The molecule has 0 atom stereocenters. The maximum absolute atomic E-state index is 10.7. The fraction of sp³-hybridized carbons (Fsp3) is 0.205. The summed E-state index contributed by atoms with van der Waals surface area (Å²) in [5.41, 5.74) is 3.63. The Hall–Kier alpha value is -6.49. The molecule has 0 fully saturated rings. The van der Waals surface area contributed by atoms with Gasteiger partial charge in [-0.1, -0.05) is 91.0 Å². The number of aryl methyl sites for hydroxylation is 3. The predicted octanol–water partition coefficient (Wildman–Crippen LogP) is 7.54. The molecule has 0 N–H and O–H groups in total. The van der Waals surface area contributed by atoms with Crippen LogP contribution < -0.4 is 0 Å². The van der Waals surface area contributed by atoms with Crippen molar-refractivity contribution >= 4 is 17.2 Å². The van der Waals surface area contributed by atoms with Gasteiger partial charge in [0.15, 0.2) is 10.1 Å². The maximum atomic E-state index is 10.7. The van der Waals surface area contributed by atoms with Gasteiger partial charge in [-0.05, 0) is 56.1 Å². The third-order valence-corrected chi connectivity index (χ3v) is 8.50. The monoisotopic (exact) mass is 850 g/mol. The van der Waals surface area contributed by atoms with Gasteiger partial charge >= 0.3 is 29.1 Å². The van der Waals surface area contributed by atoms with Gasteiger partial charge in [0.2, 0.25) is 0 Å². The molecule has 0 unspecified atom stereocenters. The van der Waals surface area contributed by atoms with Crippen molar-refractivity contribution in [2.24, 2.45) is 0 Å². The molecule has 0 saturated heterocycles. The van der Waals surface area contributed by atoms with Crippen molar-refractivity contribution in [2.45, 2.75) is 52.0 Å². The van der Waals surface area contributed by atoms with Gasteiger partial charge < -0.3 is 18.3 Å². The number of benzene rings is 3. The molecule has 3 aromatic carbocycles. The fourth-order valence-corrected chi connectivity index (χ4v) is 5.24. The van der Waals surface area contributed by atoms with Gasteiger partial charge in [-0.3, -0.25) is 0 Å². The average Bonchev–Trinajstić information content (AvgIpc) is 3.91. The van der Waals surface area contributed by atoms with Crippen molar-refractivity contribution in [1.29, 1.82) is 21.0 Å². The third kappa shape index (κ3) is 13.6. The molecule has 0 aliphatic heterocycles. The van der Waals surface area contributed by atoms with E-state index >= 15 is 0 Å². The third-order valence-electron chi connectivity index (χ3n) is 7.94. The molecular weight excluding hydrogens is 815 g/mol. The largest absolute Gasteiger partial charge is 2.00 e. The Kier molecular flexibility index (Phi) is 18.8. The Bertz CT molecular complexity index is 2230. The van der Waals surface area contributed by atoms with Crippen molar-refractivity contribution in [3.05, 3.63) is 126 Å². The number of nitrogens with zero attached hydrogens (tertiary/aromatic N) is 10. The standard InChI is InChI=1S/C30H28BN6.2C4H4N2.CHF3O3S.Ni/c1-22-19-28(25-13-7-4-8-14-25)32-35(22)31(36-23(2)20-29(33-36)26-15-9-5-10-16-26)37-24(3)21-30(34-37)27-17-11-6-12-18-27;2*5-3-1-2-4-6;2-1(3,4)8(5,6)7;/h4-21,31H,1-3H3;2*1-2H2;(H,5,6,7);/q-1;;;;+2/p-1. The van der Waals surface area contributed by atoms with Crippen molar-refractivity contribution in [3.63, 3.8) is 0 Å². The number of unbranched alkanes of at least 4 members (excludes halogenated alkanes) is 2. The molecule has 19 heteroatoms. The molecule has 0 saturated carbocycles. The zero-order valence-corrected chi connectivity index (χ0v) is 33.3. The predicted molar refractivity (Wildman–Crippen MR) is 207 cm³/mol. The first kappa shape index (κ1) is 47.7. The van der Waals surface area contributed by atoms with Crippen LogP contribution in [-0.2, 0) is 26.6 Å². The summed E-state index contributed by atoms with van der Waals surface area (Å²) in [6.45, 7) is 6.31. The van der Waals surface area contributed by atoms with Gasteiger partial charge in [0.25, 0.3) is 0 Å². The second-order valence-electron chi connectivity index (χ2n) is 12.1. The minimum Gasteiger partial charge on any atom is -0.741 e. The normalized spacial score (nSPS) is 10.3. The average molecular weight is 851 g/mol. The first-order valence-electron chi connectivity index (χ1n) is 17.2. The van der Waals surface area contributed by atoms with Crippen LogP contribution in [-0.4, -0.2) is 54.7 Å². The van der Waals surface area contributed by atoms with E-state index in [2.05, 4.69) is 89.1 Å². The summed E-state index contributed by atoms with van der Waals surface area (Å²) in [5.74, 6) is 0. The quantitative estimate of drug-likeness (QED) is 0.0636. The van der Waals surface area contributed by atoms with Gasteiger partial charge in [0, 0.05) is 42.4 Å². The van der Waals surface area contributed by atoms with Crippen molar-refractivity contribution in [3.8, 4) is 58.0 Å². The van der Waals surface area contributed by atoms with Crippen LogP contribution in [0.25, 0.3) is 33.8 Å². The molecule has 0 spiro atoms. The van der Waals surface area contributed by atoms with Crippen molar-refractivity contribution in [2.75, 3.05) is 0 Å². The number of hydrogen-bond donors (Lipinski definition) is 0. The molecule has 58 heavy (non-hydrogen) atoms. The zero-order valence-electron chi connectivity index (χ0n) is 31.5. The molecule has 0 aliphatic carbocycles.